The SMILES string of the molecule is Cc1ccc(S(=O)(=O)N(CC(=O)N(Cc2cccc(Cl)c2)C(C)C(=O)NCC(C)C)c2cc(C)ccc2C)cc1. The minimum atomic E-state index is -4.12. The summed E-state index contributed by atoms with van der Waals surface area (Å²) in [6.07, 6.45) is 0. The summed E-state index contributed by atoms with van der Waals surface area (Å²) in [6.45, 7) is 11.2. The fraction of sp³-hybridized carbons (Fsp3) is 0.355. The average Bonchev–Trinajstić information content (AvgIpc) is 2.90. The number of hydrogen-bond donors (Lipinski definition) is 1. The first-order valence-electron chi connectivity index (χ1n) is 13.3. The Kier molecular flexibility index (Phi) is 10.4. The van der Waals surface area contributed by atoms with Gasteiger partial charge < -0.3 is 10.2 Å². The van der Waals surface area contributed by atoms with E-state index in [4.69, 9.17) is 11.6 Å². The minimum Gasteiger partial charge on any atom is -0.354 e. The van der Waals surface area contributed by atoms with Gasteiger partial charge in [-0.25, -0.2) is 8.42 Å². The van der Waals surface area contributed by atoms with Crippen LogP contribution >= 0.6 is 11.6 Å². The van der Waals surface area contributed by atoms with Crippen molar-refractivity contribution in [2.24, 2.45) is 5.92 Å². The topological polar surface area (TPSA) is 86.8 Å². The zero-order valence-electron chi connectivity index (χ0n) is 23.9. The maximum atomic E-state index is 14.0. The highest BCUT2D eigenvalue weighted by Crippen LogP contribution is 2.29. The molecule has 0 saturated heterocycles. The van der Waals surface area contributed by atoms with Gasteiger partial charge in [-0.1, -0.05) is 67.4 Å². The quantitative estimate of drug-likeness (QED) is 0.316. The monoisotopic (exact) mass is 583 g/mol. The Labute approximate surface area is 243 Å². The first-order chi connectivity index (χ1) is 18.8. The van der Waals surface area contributed by atoms with Crippen LogP contribution in [0.25, 0.3) is 0 Å². The van der Waals surface area contributed by atoms with Gasteiger partial charge >= 0.3 is 0 Å². The van der Waals surface area contributed by atoms with Gasteiger partial charge in [-0.05, 0) is 80.6 Å². The summed E-state index contributed by atoms with van der Waals surface area (Å²) in [4.78, 5) is 28.6. The number of halogens is 1. The summed E-state index contributed by atoms with van der Waals surface area (Å²) in [6, 6.07) is 18.2. The van der Waals surface area contributed by atoms with E-state index in [1.165, 1.54) is 4.90 Å². The molecule has 0 spiro atoms. The number of nitrogens with zero attached hydrogens (tertiary/aromatic N) is 2. The van der Waals surface area contributed by atoms with Crippen LogP contribution in [0.15, 0.2) is 71.6 Å². The number of anilines is 1. The number of sulfonamides is 1. The zero-order valence-corrected chi connectivity index (χ0v) is 25.5. The number of amides is 2. The molecule has 1 atom stereocenters. The molecule has 2 amide bonds. The van der Waals surface area contributed by atoms with Gasteiger partial charge in [0.2, 0.25) is 11.8 Å². The maximum Gasteiger partial charge on any atom is 0.264 e. The predicted molar refractivity (Wildman–Crippen MR) is 161 cm³/mol. The third kappa shape index (κ3) is 7.86. The van der Waals surface area contributed by atoms with E-state index in [1.807, 2.05) is 52.8 Å². The van der Waals surface area contributed by atoms with Crippen LogP contribution in [0.4, 0.5) is 5.69 Å². The van der Waals surface area contributed by atoms with Crippen molar-refractivity contribution in [2.75, 3.05) is 17.4 Å². The standard InChI is InChI=1S/C31H38ClN3O4S/c1-21(2)18-33-31(37)25(6)34(19-26-8-7-9-27(32)17-26)30(36)20-35(29-16-23(4)10-13-24(29)5)40(38,39)28-14-11-22(3)12-15-28/h7-17,21,25H,18-20H2,1-6H3,(H,33,37). The fourth-order valence-corrected chi connectivity index (χ4v) is 5.89. The smallest absolute Gasteiger partial charge is 0.264 e. The number of carbonyl (C=O) groups excluding carboxylic acids is 2. The largest absolute Gasteiger partial charge is 0.354 e. The number of benzene rings is 3. The van der Waals surface area contributed by atoms with E-state index < -0.39 is 28.5 Å². The molecule has 3 aromatic rings. The molecule has 1 N–H and O–H groups in total. The Morgan fingerprint density at radius 1 is 0.900 bits per heavy atom. The molecule has 0 aromatic heterocycles. The zero-order chi connectivity index (χ0) is 29.6. The van der Waals surface area contributed by atoms with Crippen molar-refractivity contribution in [2.45, 2.75) is 59.0 Å². The van der Waals surface area contributed by atoms with Crippen molar-refractivity contribution in [1.82, 2.24) is 10.2 Å². The molecule has 0 aliphatic heterocycles. The Bertz CT molecular complexity index is 1460. The molecule has 0 radical (unpaired) electrons. The van der Waals surface area contributed by atoms with E-state index in [0.717, 1.165) is 21.0 Å². The summed E-state index contributed by atoms with van der Waals surface area (Å²) in [5, 5.41) is 3.39. The number of aryl methyl sites for hydroxylation is 3. The van der Waals surface area contributed by atoms with Crippen LogP contribution < -0.4 is 9.62 Å². The molecule has 214 valence electrons. The number of carbonyl (C=O) groups is 2. The van der Waals surface area contributed by atoms with Crippen molar-refractivity contribution >= 4 is 39.1 Å². The highest BCUT2D eigenvalue weighted by Gasteiger charge is 2.33. The van der Waals surface area contributed by atoms with Crippen LogP contribution in [0.5, 0.6) is 0 Å². The lowest BCUT2D eigenvalue weighted by Gasteiger charge is -2.32. The molecular weight excluding hydrogens is 546 g/mol. The van der Waals surface area contributed by atoms with E-state index in [9.17, 15) is 18.0 Å². The number of hydrogen-bond acceptors (Lipinski definition) is 4. The van der Waals surface area contributed by atoms with Crippen LogP contribution in [-0.4, -0.2) is 44.3 Å². The fourth-order valence-electron chi connectivity index (χ4n) is 4.21. The normalized spacial score (nSPS) is 12.2. The average molecular weight is 584 g/mol. The lowest BCUT2D eigenvalue weighted by Crippen LogP contribution is -2.51. The highest BCUT2D eigenvalue weighted by atomic mass is 35.5. The van der Waals surface area contributed by atoms with E-state index in [1.54, 1.807) is 55.5 Å². The Hall–Kier alpha value is -3.36. The molecule has 9 heteroatoms. The van der Waals surface area contributed by atoms with Crippen LogP contribution in [0.3, 0.4) is 0 Å². The predicted octanol–water partition coefficient (Wildman–Crippen LogP) is 5.65. The molecule has 0 saturated carbocycles. The summed E-state index contributed by atoms with van der Waals surface area (Å²) < 4.78 is 29.2. The molecule has 0 fully saturated rings. The maximum absolute atomic E-state index is 14.0. The summed E-state index contributed by atoms with van der Waals surface area (Å²) in [7, 11) is -4.12. The molecular formula is C31H38ClN3O4S. The lowest BCUT2D eigenvalue weighted by molar-refractivity contribution is -0.139. The van der Waals surface area contributed by atoms with Gasteiger partial charge in [0.15, 0.2) is 0 Å². The van der Waals surface area contributed by atoms with E-state index in [-0.39, 0.29) is 23.3 Å². The first-order valence-corrected chi connectivity index (χ1v) is 15.1. The second-order valence-electron chi connectivity index (χ2n) is 10.6. The van der Waals surface area contributed by atoms with E-state index in [2.05, 4.69) is 5.32 Å². The van der Waals surface area contributed by atoms with Crippen LogP contribution in [0, 0.1) is 26.7 Å². The second kappa shape index (κ2) is 13.3. The Balaban J connectivity index is 2.06. The first kappa shape index (κ1) is 31.2. The number of nitrogens with one attached hydrogen (secondary N) is 1. The third-order valence-corrected chi connectivity index (χ3v) is 8.62. The molecule has 0 aliphatic carbocycles. The highest BCUT2D eigenvalue weighted by molar-refractivity contribution is 7.92. The van der Waals surface area contributed by atoms with Crippen molar-refractivity contribution in [3.05, 3.63) is 94.0 Å². The van der Waals surface area contributed by atoms with Crippen molar-refractivity contribution in [1.29, 1.82) is 0 Å². The third-order valence-electron chi connectivity index (χ3n) is 6.61. The van der Waals surface area contributed by atoms with Gasteiger partial charge in [-0.2, -0.15) is 0 Å². The number of rotatable bonds is 11. The summed E-state index contributed by atoms with van der Waals surface area (Å²) in [5.74, 6) is -0.597. The van der Waals surface area contributed by atoms with E-state index >= 15 is 0 Å². The molecule has 0 aliphatic rings. The molecule has 0 heterocycles. The van der Waals surface area contributed by atoms with Gasteiger partial charge in [0, 0.05) is 18.1 Å². The van der Waals surface area contributed by atoms with Gasteiger partial charge in [0.25, 0.3) is 10.0 Å². The lowest BCUT2D eigenvalue weighted by atomic mass is 10.1. The summed E-state index contributed by atoms with van der Waals surface area (Å²) in [5.41, 5.74) is 3.62. The van der Waals surface area contributed by atoms with Crippen molar-refractivity contribution < 1.29 is 18.0 Å². The van der Waals surface area contributed by atoms with Crippen LogP contribution in [-0.2, 0) is 26.2 Å². The Morgan fingerprint density at radius 2 is 1.55 bits per heavy atom. The van der Waals surface area contributed by atoms with Gasteiger partial charge in [0.1, 0.15) is 12.6 Å². The molecule has 7 nitrogen and oxygen atoms in total. The molecule has 1 unspecified atom stereocenters. The van der Waals surface area contributed by atoms with Crippen molar-refractivity contribution in [3.8, 4) is 0 Å². The minimum absolute atomic E-state index is 0.0796. The van der Waals surface area contributed by atoms with Gasteiger partial charge in [-0.15, -0.1) is 0 Å². The molecule has 40 heavy (non-hydrogen) atoms. The van der Waals surface area contributed by atoms with E-state index in [0.29, 0.717) is 22.8 Å². The molecule has 0 bridgehead atoms. The van der Waals surface area contributed by atoms with Crippen molar-refractivity contribution in [3.63, 3.8) is 0 Å². The summed E-state index contributed by atoms with van der Waals surface area (Å²) >= 11 is 6.20. The van der Waals surface area contributed by atoms with Crippen LogP contribution in [0.1, 0.15) is 43.0 Å². The van der Waals surface area contributed by atoms with Crippen LogP contribution in [0.2, 0.25) is 5.02 Å². The Morgan fingerprint density at radius 3 is 2.17 bits per heavy atom. The molecule has 3 aromatic carbocycles. The molecule has 3 rings (SSSR count). The second-order valence-corrected chi connectivity index (χ2v) is 12.9. The van der Waals surface area contributed by atoms with Gasteiger partial charge in [-0.3, -0.25) is 13.9 Å². The van der Waals surface area contributed by atoms with Gasteiger partial charge in [0.05, 0.1) is 10.6 Å².